The van der Waals surface area contributed by atoms with Crippen molar-refractivity contribution >= 4 is 27.0 Å². The fourth-order valence-electron chi connectivity index (χ4n) is 3.33. The predicted molar refractivity (Wildman–Crippen MR) is 104 cm³/mol. The molecule has 0 aromatic rings. The Morgan fingerprint density at radius 1 is 1.00 bits per heavy atom. The zero-order chi connectivity index (χ0) is 17.4. The molecule has 4 rings (SSSR count). The summed E-state index contributed by atoms with van der Waals surface area (Å²) in [6.07, 6.45) is 26.1. The molecule has 4 aliphatic carbocycles. The molecule has 0 aliphatic heterocycles. The molecule has 0 bridgehead atoms. The number of halogens is 2. The minimum absolute atomic E-state index is 0.287. The third kappa shape index (κ3) is 6.64. The molecule has 0 N–H and O–H groups in total. The molecule has 2 atom stereocenters. The molecule has 2 fully saturated rings. The maximum atomic E-state index is 5.34. The van der Waals surface area contributed by atoms with Crippen molar-refractivity contribution in [2.75, 3.05) is 0 Å². The van der Waals surface area contributed by atoms with Crippen LogP contribution in [0.4, 0.5) is 0 Å². The van der Waals surface area contributed by atoms with E-state index in [1.165, 1.54) is 38.5 Å². The van der Waals surface area contributed by atoms with Crippen LogP contribution in [-0.2, 0) is 20.0 Å². The molecular weight excluding hydrogens is 371 g/mol. The van der Waals surface area contributed by atoms with E-state index in [0.717, 1.165) is 15.6 Å². The number of hydrogen-bond acceptors (Lipinski definition) is 0. The van der Waals surface area contributed by atoms with Gasteiger partial charge in [-0.2, -0.15) is 0 Å². The zero-order valence-corrected chi connectivity index (χ0v) is 17.4. The first-order chi connectivity index (χ1) is 11.6. The SMILES string of the molecule is C1=CCC2CC[CH-]C2=C1.C1=CCC2CC[CH-]C2=C1.C[C](=[Ti+2])C(Cl)Cl. The summed E-state index contributed by atoms with van der Waals surface area (Å²) in [5, 5.41) is 0. The van der Waals surface area contributed by atoms with Crippen molar-refractivity contribution < 1.29 is 20.0 Å². The van der Waals surface area contributed by atoms with Gasteiger partial charge < -0.3 is 0 Å². The van der Waals surface area contributed by atoms with E-state index in [0.29, 0.717) is 0 Å². The standard InChI is InChI=1S/2C9H11.C3H4Cl2.Ti/c2*1-2-5-9-7-3-6-8(9)4-1;1-2-3(4)5;/h2*1-2,4,6,9H,3,5,7H2;3H,1H3;/q2*-1;;+2. The Bertz CT molecular complexity index is 500. The quantitative estimate of drug-likeness (QED) is 0.269. The second-order valence-electron chi connectivity index (χ2n) is 6.60. The van der Waals surface area contributed by atoms with Crippen LogP contribution in [0.2, 0.25) is 0 Å². The third-order valence-electron chi connectivity index (χ3n) is 4.75. The fraction of sp³-hybridized carbons (Fsp3) is 0.476. The first-order valence-electron chi connectivity index (χ1n) is 8.81. The molecule has 0 radical (unpaired) electrons. The summed E-state index contributed by atoms with van der Waals surface area (Å²) >= 11 is 12.6. The molecule has 2 saturated carbocycles. The van der Waals surface area contributed by atoms with E-state index in [9.17, 15) is 0 Å². The molecule has 4 aliphatic rings. The van der Waals surface area contributed by atoms with Gasteiger partial charge in [0.05, 0.1) is 0 Å². The van der Waals surface area contributed by atoms with Crippen molar-refractivity contribution in [1.29, 1.82) is 0 Å². The van der Waals surface area contributed by atoms with Gasteiger partial charge in [0.2, 0.25) is 0 Å². The molecule has 128 valence electrons. The van der Waals surface area contributed by atoms with Gasteiger partial charge in [-0.3, -0.25) is 0 Å². The van der Waals surface area contributed by atoms with E-state index in [1.807, 2.05) is 26.9 Å². The average Bonchev–Trinajstić information content (AvgIpc) is 3.24. The van der Waals surface area contributed by atoms with Crippen LogP contribution >= 0.6 is 23.2 Å². The van der Waals surface area contributed by atoms with Crippen molar-refractivity contribution in [2.45, 2.75) is 50.3 Å². The summed E-state index contributed by atoms with van der Waals surface area (Å²) < 4.78 is 1.04. The van der Waals surface area contributed by atoms with E-state index >= 15 is 0 Å². The van der Waals surface area contributed by atoms with E-state index in [1.54, 1.807) is 11.1 Å². The minimum atomic E-state index is -0.287. The van der Waals surface area contributed by atoms with Crippen LogP contribution < -0.4 is 0 Å². The van der Waals surface area contributed by atoms with Crippen molar-refractivity contribution in [2.24, 2.45) is 11.8 Å². The molecule has 0 nitrogen and oxygen atoms in total. The van der Waals surface area contributed by atoms with E-state index in [2.05, 4.69) is 49.3 Å². The van der Waals surface area contributed by atoms with Crippen molar-refractivity contribution in [3.8, 4) is 0 Å². The maximum absolute atomic E-state index is 5.34. The third-order valence-corrected chi connectivity index (χ3v) is 6.43. The van der Waals surface area contributed by atoms with E-state index in [-0.39, 0.29) is 4.84 Å². The Kier molecular flexibility index (Phi) is 9.05. The Morgan fingerprint density at radius 3 is 1.75 bits per heavy atom. The summed E-state index contributed by atoms with van der Waals surface area (Å²) in [4.78, 5) is -0.287. The summed E-state index contributed by atoms with van der Waals surface area (Å²) in [6.45, 7) is 1.89. The number of rotatable bonds is 1. The second-order valence-corrected chi connectivity index (χ2v) is 8.93. The molecule has 0 aromatic carbocycles. The number of alkyl halides is 2. The van der Waals surface area contributed by atoms with Crippen molar-refractivity contribution in [3.05, 3.63) is 60.4 Å². The van der Waals surface area contributed by atoms with Crippen LogP contribution in [0.15, 0.2) is 47.6 Å². The van der Waals surface area contributed by atoms with Gasteiger partial charge in [0, 0.05) is 0 Å². The molecule has 0 aromatic heterocycles. The Hall–Kier alpha value is -0.136. The van der Waals surface area contributed by atoms with Gasteiger partial charge in [-0.25, -0.2) is 36.1 Å². The van der Waals surface area contributed by atoms with Crippen LogP contribution in [0.1, 0.15) is 45.4 Å². The Labute approximate surface area is 169 Å². The van der Waals surface area contributed by atoms with Gasteiger partial charge >= 0.3 is 58.7 Å². The predicted octanol–water partition coefficient (Wildman–Crippen LogP) is 6.50. The first-order valence-corrected chi connectivity index (χ1v) is 10.5. The van der Waals surface area contributed by atoms with E-state index in [4.69, 9.17) is 23.2 Å². The average molecular weight is 397 g/mol. The van der Waals surface area contributed by atoms with Crippen molar-refractivity contribution in [1.82, 2.24) is 0 Å². The van der Waals surface area contributed by atoms with Gasteiger partial charge in [0.1, 0.15) is 0 Å². The molecule has 0 heterocycles. The summed E-state index contributed by atoms with van der Waals surface area (Å²) in [7, 11) is 0. The number of allylic oxidation sites excluding steroid dienone is 8. The first kappa shape index (κ1) is 20.2. The molecule has 24 heavy (non-hydrogen) atoms. The Balaban J connectivity index is 0.000000134. The molecule has 2 unspecified atom stereocenters. The van der Waals surface area contributed by atoms with Crippen LogP contribution in [0.5, 0.6) is 0 Å². The van der Waals surface area contributed by atoms with Crippen LogP contribution in [0.25, 0.3) is 0 Å². The fourth-order valence-corrected chi connectivity index (χ4v) is 3.33. The molecule has 0 saturated heterocycles. The summed E-state index contributed by atoms with van der Waals surface area (Å²) in [5.41, 5.74) is 3.16. The van der Waals surface area contributed by atoms with E-state index < -0.39 is 0 Å². The monoisotopic (exact) mass is 396 g/mol. The second kappa shape index (κ2) is 10.8. The van der Waals surface area contributed by atoms with Crippen LogP contribution in [0, 0.1) is 24.7 Å². The van der Waals surface area contributed by atoms with Gasteiger partial charge in [-0.05, 0) is 24.7 Å². The van der Waals surface area contributed by atoms with Gasteiger partial charge in [-0.15, -0.1) is 37.1 Å². The Morgan fingerprint density at radius 2 is 1.42 bits per heavy atom. The molecular formula is C21H26Cl2Ti. The van der Waals surface area contributed by atoms with Crippen LogP contribution in [0.3, 0.4) is 0 Å². The van der Waals surface area contributed by atoms with Gasteiger partial charge in [0.15, 0.2) is 0 Å². The van der Waals surface area contributed by atoms with Crippen molar-refractivity contribution in [3.63, 3.8) is 0 Å². The summed E-state index contributed by atoms with van der Waals surface area (Å²) in [5.74, 6) is 1.77. The molecule has 0 amide bonds. The van der Waals surface area contributed by atoms with Gasteiger partial charge in [-0.1, -0.05) is 12.8 Å². The molecule has 0 spiro atoms. The van der Waals surface area contributed by atoms with Gasteiger partial charge in [0.25, 0.3) is 0 Å². The topological polar surface area (TPSA) is 0 Å². The molecule has 3 heteroatoms. The summed E-state index contributed by atoms with van der Waals surface area (Å²) in [6, 6.07) is 0. The number of fused-ring (bicyclic) bond motifs is 2. The normalized spacial score (nSPS) is 25.8. The zero-order valence-electron chi connectivity index (χ0n) is 14.3. The number of hydrogen-bond donors (Lipinski definition) is 0. The van der Waals surface area contributed by atoms with Crippen LogP contribution in [-0.4, -0.2) is 8.65 Å².